The first-order chi connectivity index (χ1) is 12.2. The highest BCUT2D eigenvalue weighted by atomic mass is 32.2. The highest BCUT2D eigenvalue weighted by molar-refractivity contribution is 8.00. The maximum absolute atomic E-state index is 12.6. The second-order valence-corrected chi connectivity index (χ2v) is 8.20. The summed E-state index contributed by atoms with van der Waals surface area (Å²) in [5, 5.41) is 11.5. The minimum atomic E-state index is -1.04. The number of carbonyl (C=O) groups is 3. The highest BCUT2D eigenvalue weighted by Gasteiger charge is 2.41. The molecule has 0 radical (unpaired) electrons. The van der Waals surface area contributed by atoms with Gasteiger partial charge in [0, 0.05) is 12.2 Å². The molecule has 1 aliphatic rings. The third-order valence-electron chi connectivity index (χ3n) is 3.70. The van der Waals surface area contributed by atoms with Crippen molar-refractivity contribution in [2.75, 3.05) is 12.3 Å². The normalized spacial score (nSPS) is 19.9. The SMILES string of the molecule is CC(C)(C)OC(=O)NCC(=O)N1C(Cc2ccccc2)SC[C@H]1C(=O)O. The fraction of sp³-hybridized carbons (Fsp3) is 0.500. The molecule has 1 unspecified atom stereocenters. The molecule has 142 valence electrons. The van der Waals surface area contributed by atoms with Crippen LogP contribution in [0.1, 0.15) is 26.3 Å². The lowest BCUT2D eigenvalue weighted by molar-refractivity contribution is -0.148. The van der Waals surface area contributed by atoms with E-state index in [1.807, 2.05) is 30.3 Å². The molecule has 0 bridgehead atoms. The van der Waals surface area contributed by atoms with Crippen molar-refractivity contribution in [1.29, 1.82) is 0 Å². The molecule has 2 rings (SSSR count). The van der Waals surface area contributed by atoms with Gasteiger partial charge in [-0.1, -0.05) is 30.3 Å². The van der Waals surface area contributed by atoms with Crippen LogP contribution in [0.15, 0.2) is 30.3 Å². The van der Waals surface area contributed by atoms with Crippen molar-refractivity contribution >= 4 is 29.7 Å². The van der Waals surface area contributed by atoms with E-state index in [2.05, 4.69) is 5.32 Å². The predicted octanol–water partition coefficient (Wildman–Crippen LogP) is 2.11. The smallest absolute Gasteiger partial charge is 0.408 e. The Labute approximate surface area is 157 Å². The van der Waals surface area contributed by atoms with E-state index in [0.29, 0.717) is 12.2 Å². The van der Waals surface area contributed by atoms with E-state index >= 15 is 0 Å². The number of carbonyl (C=O) groups excluding carboxylic acids is 2. The maximum Gasteiger partial charge on any atom is 0.408 e. The largest absolute Gasteiger partial charge is 0.480 e. The average molecular weight is 380 g/mol. The monoisotopic (exact) mass is 380 g/mol. The van der Waals surface area contributed by atoms with Crippen LogP contribution in [-0.4, -0.2) is 57.3 Å². The summed E-state index contributed by atoms with van der Waals surface area (Å²) in [5.41, 5.74) is 0.352. The highest BCUT2D eigenvalue weighted by Crippen LogP contribution is 2.31. The topological polar surface area (TPSA) is 95.9 Å². The number of hydrogen-bond acceptors (Lipinski definition) is 5. The number of benzene rings is 1. The lowest BCUT2D eigenvalue weighted by Gasteiger charge is -2.28. The molecule has 1 fully saturated rings. The number of thioether (sulfide) groups is 1. The lowest BCUT2D eigenvalue weighted by Crippen LogP contribution is -2.50. The van der Waals surface area contributed by atoms with Crippen molar-refractivity contribution in [3.63, 3.8) is 0 Å². The summed E-state index contributed by atoms with van der Waals surface area (Å²) in [6, 6.07) is 8.69. The predicted molar refractivity (Wildman–Crippen MR) is 98.9 cm³/mol. The van der Waals surface area contributed by atoms with E-state index < -0.39 is 29.6 Å². The molecule has 1 heterocycles. The van der Waals surface area contributed by atoms with Gasteiger partial charge in [0.05, 0.1) is 5.37 Å². The minimum Gasteiger partial charge on any atom is -0.480 e. The molecule has 1 aromatic rings. The zero-order valence-corrected chi connectivity index (χ0v) is 15.9. The van der Waals surface area contributed by atoms with Gasteiger partial charge in [-0.25, -0.2) is 9.59 Å². The molecular weight excluding hydrogens is 356 g/mol. The third kappa shape index (κ3) is 5.66. The van der Waals surface area contributed by atoms with Crippen LogP contribution >= 0.6 is 11.8 Å². The molecule has 0 aliphatic carbocycles. The van der Waals surface area contributed by atoms with Crippen molar-refractivity contribution < 1.29 is 24.2 Å². The maximum atomic E-state index is 12.6. The number of nitrogens with zero attached hydrogens (tertiary/aromatic N) is 1. The Morgan fingerprint density at radius 3 is 2.50 bits per heavy atom. The van der Waals surface area contributed by atoms with Crippen LogP contribution in [0.4, 0.5) is 4.79 Å². The van der Waals surface area contributed by atoms with Gasteiger partial charge in [-0.2, -0.15) is 0 Å². The van der Waals surface area contributed by atoms with Gasteiger partial charge in [-0.3, -0.25) is 4.79 Å². The van der Waals surface area contributed by atoms with Gasteiger partial charge in [0.2, 0.25) is 5.91 Å². The molecule has 8 heteroatoms. The van der Waals surface area contributed by atoms with Crippen molar-refractivity contribution in [3.05, 3.63) is 35.9 Å². The number of amides is 2. The summed E-state index contributed by atoms with van der Waals surface area (Å²) >= 11 is 1.43. The first kappa shape index (κ1) is 20.1. The molecule has 0 spiro atoms. The summed E-state index contributed by atoms with van der Waals surface area (Å²) in [5.74, 6) is -1.15. The van der Waals surface area contributed by atoms with Crippen LogP contribution < -0.4 is 5.32 Å². The van der Waals surface area contributed by atoms with E-state index in [-0.39, 0.29) is 11.9 Å². The van der Waals surface area contributed by atoms with E-state index in [1.54, 1.807) is 20.8 Å². The van der Waals surface area contributed by atoms with E-state index in [9.17, 15) is 19.5 Å². The number of nitrogens with one attached hydrogen (secondary N) is 1. The first-order valence-corrected chi connectivity index (χ1v) is 9.38. The molecule has 1 aromatic carbocycles. The van der Waals surface area contributed by atoms with Crippen LogP contribution in [0, 0.1) is 0 Å². The van der Waals surface area contributed by atoms with Gasteiger partial charge in [0.25, 0.3) is 0 Å². The molecule has 26 heavy (non-hydrogen) atoms. The number of alkyl carbamates (subject to hydrolysis) is 1. The van der Waals surface area contributed by atoms with Gasteiger partial charge >= 0.3 is 12.1 Å². The molecule has 1 aliphatic heterocycles. The van der Waals surface area contributed by atoms with Gasteiger partial charge in [0.15, 0.2) is 0 Å². The Hall–Kier alpha value is -2.22. The number of ether oxygens (including phenoxy) is 1. The second kappa shape index (κ2) is 8.44. The standard InChI is InChI=1S/C18H24N2O5S/c1-18(2,3)25-17(24)19-10-14(21)20-13(16(22)23)11-26-15(20)9-12-7-5-4-6-8-12/h4-8,13,15H,9-11H2,1-3H3,(H,19,24)(H,22,23)/t13-,15?/m0/s1. The zero-order valence-electron chi connectivity index (χ0n) is 15.1. The van der Waals surface area contributed by atoms with E-state index in [4.69, 9.17) is 4.74 Å². The number of carboxylic acids is 1. The number of rotatable bonds is 5. The van der Waals surface area contributed by atoms with Gasteiger partial charge in [0.1, 0.15) is 18.2 Å². The molecule has 2 atom stereocenters. The quantitative estimate of drug-likeness (QED) is 0.812. The van der Waals surface area contributed by atoms with Crippen molar-refractivity contribution in [1.82, 2.24) is 10.2 Å². The van der Waals surface area contributed by atoms with E-state index in [0.717, 1.165) is 5.56 Å². The van der Waals surface area contributed by atoms with Crippen LogP contribution in [0.5, 0.6) is 0 Å². The van der Waals surface area contributed by atoms with Crippen LogP contribution in [0.2, 0.25) is 0 Å². The summed E-state index contributed by atoms with van der Waals surface area (Å²) in [7, 11) is 0. The molecule has 2 amide bonds. The fourth-order valence-corrected chi connectivity index (χ4v) is 4.06. The van der Waals surface area contributed by atoms with Crippen molar-refractivity contribution in [2.24, 2.45) is 0 Å². The van der Waals surface area contributed by atoms with Crippen molar-refractivity contribution in [2.45, 2.75) is 44.2 Å². The summed E-state index contributed by atoms with van der Waals surface area (Å²) < 4.78 is 5.11. The van der Waals surface area contributed by atoms with E-state index in [1.165, 1.54) is 16.7 Å². The molecule has 7 nitrogen and oxygen atoms in total. The second-order valence-electron chi connectivity index (χ2n) is 6.99. The number of aliphatic carboxylic acids is 1. The first-order valence-electron chi connectivity index (χ1n) is 8.34. The Morgan fingerprint density at radius 2 is 1.92 bits per heavy atom. The summed E-state index contributed by atoms with van der Waals surface area (Å²) in [6.07, 6.45) is -0.155. The Morgan fingerprint density at radius 1 is 1.27 bits per heavy atom. The van der Waals surface area contributed by atoms with Crippen LogP contribution in [0.25, 0.3) is 0 Å². The molecule has 2 N–H and O–H groups in total. The van der Waals surface area contributed by atoms with Gasteiger partial charge in [-0.05, 0) is 26.3 Å². The number of hydrogen-bond donors (Lipinski definition) is 2. The minimum absolute atomic E-state index is 0.286. The summed E-state index contributed by atoms with van der Waals surface area (Å²) in [4.78, 5) is 37.2. The van der Waals surface area contributed by atoms with Crippen LogP contribution in [-0.2, 0) is 20.7 Å². The van der Waals surface area contributed by atoms with Crippen molar-refractivity contribution in [3.8, 4) is 0 Å². The molecule has 1 saturated heterocycles. The summed E-state index contributed by atoms with van der Waals surface area (Å²) in [6.45, 7) is 4.87. The fourth-order valence-electron chi connectivity index (χ4n) is 2.61. The number of carboxylic acid groups (broad SMARTS) is 1. The third-order valence-corrected chi connectivity index (χ3v) is 4.99. The Bertz CT molecular complexity index is 659. The van der Waals surface area contributed by atoms with Gasteiger partial charge in [-0.15, -0.1) is 11.8 Å². The Balaban J connectivity index is 2.03. The average Bonchev–Trinajstić information content (AvgIpc) is 2.96. The Kier molecular flexibility index (Phi) is 6.52. The zero-order chi connectivity index (χ0) is 19.3. The molecule has 0 aromatic heterocycles. The molecule has 0 saturated carbocycles. The van der Waals surface area contributed by atoms with Crippen LogP contribution in [0.3, 0.4) is 0 Å². The molecular formula is C18H24N2O5S. The van der Waals surface area contributed by atoms with Gasteiger partial charge < -0.3 is 20.1 Å². The lowest BCUT2D eigenvalue weighted by atomic mass is 10.1.